The lowest BCUT2D eigenvalue weighted by molar-refractivity contribution is -0.141. The molecule has 0 radical (unpaired) electrons. The summed E-state index contributed by atoms with van der Waals surface area (Å²) in [6.07, 6.45) is 2.47. The van der Waals surface area contributed by atoms with Crippen LogP contribution in [-0.4, -0.2) is 53.8 Å². The molecule has 0 bridgehead atoms. The SMILES string of the molecule is CC(C(N)=O)[C@H](Cc1cccc(Cl)c1)C(=O)N1C[C@@H](c2ccccc2)C[C@H]1CN1CCC(c2ccccc2)C1. The molecule has 2 aliphatic rings. The molecule has 5 nitrogen and oxygen atoms in total. The van der Waals surface area contributed by atoms with E-state index in [0.29, 0.717) is 23.9 Å². The molecule has 39 heavy (non-hydrogen) atoms. The third-order valence-corrected chi connectivity index (χ3v) is 8.93. The zero-order valence-corrected chi connectivity index (χ0v) is 23.3. The molecule has 0 aliphatic carbocycles. The maximum absolute atomic E-state index is 14.3. The molecular weight excluding hydrogens is 506 g/mol. The summed E-state index contributed by atoms with van der Waals surface area (Å²) in [4.78, 5) is 31.2. The van der Waals surface area contributed by atoms with Gasteiger partial charge in [0.15, 0.2) is 0 Å². The fraction of sp³-hybridized carbons (Fsp3) is 0.394. The first kappa shape index (κ1) is 27.4. The van der Waals surface area contributed by atoms with Crippen LogP contribution in [0.4, 0.5) is 0 Å². The molecule has 0 spiro atoms. The first-order chi connectivity index (χ1) is 18.9. The number of likely N-dealkylation sites (tertiary alicyclic amines) is 2. The van der Waals surface area contributed by atoms with Crippen molar-refractivity contribution in [2.24, 2.45) is 17.6 Å². The van der Waals surface area contributed by atoms with Gasteiger partial charge in [-0.15, -0.1) is 0 Å². The predicted molar refractivity (Wildman–Crippen MR) is 157 cm³/mol. The third kappa shape index (κ3) is 6.54. The van der Waals surface area contributed by atoms with Gasteiger partial charge in [-0.05, 0) is 60.5 Å². The zero-order chi connectivity index (χ0) is 27.4. The van der Waals surface area contributed by atoms with Crippen molar-refractivity contribution in [3.8, 4) is 0 Å². The Morgan fingerprint density at radius 1 is 0.923 bits per heavy atom. The van der Waals surface area contributed by atoms with Crippen molar-refractivity contribution in [3.05, 3.63) is 107 Å². The van der Waals surface area contributed by atoms with Crippen LogP contribution in [0.2, 0.25) is 5.02 Å². The van der Waals surface area contributed by atoms with E-state index in [9.17, 15) is 9.59 Å². The monoisotopic (exact) mass is 543 g/mol. The van der Waals surface area contributed by atoms with Crippen LogP contribution in [0.1, 0.15) is 48.3 Å². The van der Waals surface area contributed by atoms with E-state index in [0.717, 1.165) is 38.0 Å². The highest BCUT2D eigenvalue weighted by molar-refractivity contribution is 6.30. The van der Waals surface area contributed by atoms with Gasteiger partial charge in [0.25, 0.3) is 0 Å². The molecular formula is C33H38ClN3O2. The lowest BCUT2D eigenvalue weighted by atomic mass is 9.86. The molecule has 6 heteroatoms. The Morgan fingerprint density at radius 3 is 2.23 bits per heavy atom. The molecule has 2 aliphatic heterocycles. The van der Waals surface area contributed by atoms with E-state index < -0.39 is 17.7 Å². The molecule has 2 unspecified atom stereocenters. The van der Waals surface area contributed by atoms with Crippen molar-refractivity contribution in [2.45, 2.75) is 44.1 Å². The minimum Gasteiger partial charge on any atom is -0.369 e. The Balaban J connectivity index is 1.38. The lowest BCUT2D eigenvalue weighted by Gasteiger charge is -2.33. The molecule has 5 rings (SSSR count). The Kier molecular flexibility index (Phi) is 8.69. The van der Waals surface area contributed by atoms with Crippen molar-refractivity contribution in [1.82, 2.24) is 9.80 Å². The van der Waals surface area contributed by atoms with Crippen LogP contribution in [0.5, 0.6) is 0 Å². The third-order valence-electron chi connectivity index (χ3n) is 8.69. The molecule has 2 fully saturated rings. The second-order valence-corrected chi connectivity index (χ2v) is 11.7. The van der Waals surface area contributed by atoms with Gasteiger partial charge in [0.1, 0.15) is 0 Å². The van der Waals surface area contributed by atoms with Gasteiger partial charge >= 0.3 is 0 Å². The highest BCUT2D eigenvalue weighted by atomic mass is 35.5. The highest BCUT2D eigenvalue weighted by Crippen LogP contribution is 2.36. The Hall–Kier alpha value is -3.15. The van der Waals surface area contributed by atoms with Crippen LogP contribution in [0.25, 0.3) is 0 Å². The quantitative estimate of drug-likeness (QED) is 0.388. The fourth-order valence-electron chi connectivity index (χ4n) is 6.43. The Labute approximate surface area is 236 Å². The van der Waals surface area contributed by atoms with Gasteiger partial charge in [0.05, 0.1) is 5.92 Å². The smallest absolute Gasteiger partial charge is 0.227 e. The standard InChI is InChI=1S/C33H38ClN3O2/c1-23(32(35)38)31(18-24-9-8-14-29(34)17-24)33(39)37-21-28(26-12-6-3-7-13-26)19-30(37)22-36-16-15-27(20-36)25-10-4-2-5-11-25/h2-14,17,23,27-28,30-31H,15-16,18-22H2,1H3,(H2,35,38)/t23?,27?,28-,30-,31-/m0/s1. The number of rotatable bonds is 9. The van der Waals surface area contributed by atoms with E-state index in [1.807, 2.05) is 30.3 Å². The van der Waals surface area contributed by atoms with Crippen LogP contribution in [-0.2, 0) is 16.0 Å². The maximum Gasteiger partial charge on any atom is 0.227 e. The number of hydrogen-bond donors (Lipinski definition) is 1. The number of benzene rings is 3. The van der Waals surface area contributed by atoms with E-state index in [1.165, 1.54) is 11.1 Å². The number of amides is 2. The number of nitrogens with zero attached hydrogens (tertiary/aromatic N) is 2. The van der Waals surface area contributed by atoms with Crippen molar-refractivity contribution in [2.75, 3.05) is 26.2 Å². The van der Waals surface area contributed by atoms with Crippen LogP contribution < -0.4 is 5.73 Å². The predicted octanol–water partition coefficient (Wildman–Crippen LogP) is 5.49. The molecule has 2 heterocycles. The molecule has 5 atom stereocenters. The van der Waals surface area contributed by atoms with E-state index in [1.54, 1.807) is 6.92 Å². The van der Waals surface area contributed by atoms with Crippen molar-refractivity contribution in [1.29, 1.82) is 0 Å². The van der Waals surface area contributed by atoms with Crippen LogP contribution in [0.15, 0.2) is 84.9 Å². The van der Waals surface area contributed by atoms with Gasteiger partial charge in [-0.25, -0.2) is 0 Å². The fourth-order valence-corrected chi connectivity index (χ4v) is 6.64. The summed E-state index contributed by atoms with van der Waals surface area (Å²) < 4.78 is 0. The van der Waals surface area contributed by atoms with E-state index in [-0.39, 0.29) is 17.9 Å². The largest absolute Gasteiger partial charge is 0.369 e. The summed E-state index contributed by atoms with van der Waals surface area (Å²) in [5.74, 6) is -0.759. The molecule has 204 valence electrons. The average molecular weight is 544 g/mol. The highest BCUT2D eigenvalue weighted by Gasteiger charge is 2.42. The zero-order valence-electron chi connectivity index (χ0n) is 22.6. The molecule has 2 N–H and O–H groups in total. The van der Waals surface area contributed by atoms with Crippen LogP contribution >= 0.6 is 11.6 Å². The molecule has 3 aromatic rings. The van der Waals surface area contributed by atoms with Crippen molar-refractivity contribution in [3.63, 3.8) is 0 Å². The lowest BCUT2D eigenvalue weighted by Crippen LogP contribution is -2.48. The van der Waals surface area contributed by atoms with Crippen molar-refractivity contribution >= 4 is 23.4 Å². The van der Waals surface area contributed by atoms with Gasteiger partial charge in [-0.2, -0.15) is 0 Å². The van der Waals surface area contributed by atoms with Crippen molar-refractivity contribution < 1.29 is 9.59 Å². The number of hydrogen-bond acceptors (Lipinski definition) is 3. The van der Waals surface area contributed by atoms with E-state index in [4.69, 9.17) is 17.3 Å². The van der Waals surface area contributed by atoms with Gasteiger partial charge in [-0.3, -0.25) is 9.59 Å². The van der Waals surface area contributed by atoms with Gasteiger partial charge in [0, 0.05) is 42.5 Å². The molecule has 0 saturated carbocycles. The second kappa shape index (κ2) is 12.4. The Bertz CT molecular complexity index is 1270. The second-order valence-electron chi connectivity index (χ2n) is 11.3. The number of nitrogens with two attached hydrogens (primary N) is 1. The number of primary amides is 1. The number of carbonyl (C=O) groups excluding carboxylic acids is 2. The number of halogens is 1. The maximum atomic E-state index is 14.3. The van der Waals surface area contributed by atoms with Crippen LogP contribution in [0.3, 0.4) is 0 Å². The summed E-state index contributed by atoms with van der Waals surface area (Å²) in [7, 11) is 0. The summed E-state index contributed by atoms with van der Waals surface area (Å²) in [5.41, 5.74) is 9.36. The first-order valence-electron chi connectivity index (χ1n) is 14.1. The van der Waals surface area contributed by atoms with Gasteiger partial charge < -0.3 is 15.5 Å². The topological polar surface area (TPSA) is 66.6 Å². The number of carbonyl (C=O) groups is 2. The van der Waals surface area contributed by atoms with Crippen LogP contribution in [0, 0.1) is 11.8 Å². The summed E-state index contributed by atoms with van der Waals surface area (Å²) in [6, 6.07) is 28.8. The molecule has 0 aromatic heterocycles. The average Bonchev–Trinajstić information content (AvgIpc) is 3.60. The Morgan fingerprint density at radius 2 is 1.59 bits per heavy atom. The summed E-state index contributed by atoms with van der Waals surface area (Å²) in [6.45, 7) is 5.30. The first-order valence-corrected chi connectivity index (χ1v) is 14.4. The summed E-state index contributed by atoms with van der Waals surface area (Å²) in [5, 5.41) is 0.621. The molecule has 2 saturated heterocycles. The summed E-state index contributed by atoms with van der Waals surface area (Å²) >= 11 is 6.25. The molecule has 3 aromatic carbocycles. The van der Waals surface area contributed by atoms with Gasteiger partial charge in [0.2, 0.25) is 11.8 Å². The van der Waals surface area contributed by atoms with E-state index >= 15 is 0 Å². The molecule has 2 amide bonds. The van der Waals surface area contributed by atoms with Gasteiger partial charge in [-0.1, -0.05) is 91.3 Å². The van der Waals surface area contributed by atoms with E-state index in [2.05, 4.69) is 64.4 Å². The minimum atomic E-state index is -0.581. The normalized spacial score (nSPS) is 23.0. The minimum absolute atomic E-state index is 0.0171.